The zero-order valence-corrected chi connectivity index (χ0v) is 22.5. The SMILES string of the molecule is Cc1ccc(S(=O)(=O)N/N=C/c2ccc3nc(-c4cccc(Cl)c4)n(CC(=O)NC(C)C)c(=O)c3c2)cc1. The van der Waals surface area contributed by atoms with Gasteiger partial charge in [0.25, 0.3) is 15.6 Å². The standard InChI is InChI=1S/C27H26ClN5O4S/c1-17(2)30-25(34)16-33-26(20-5-4-6-21(28)14-20)31-24-12-9-19(13-23(24)27(33)35)15-29-32-38(36,37)22-10-7-18(3)8-11-22/h4-15,17,32H,16H2,1-3H3,(H,30,34)/b29-15+. The molecule has 196 valence electrons. The van der Waals surface area contributed by atoms with Gasteiger partial charge in [-0.3, -0.25) is 14.2 Å². The molecule has 1 amide bonds. The second-order valence-electron chi connectivity index (χ2n) is 9.00. The first-order valence-electron chi connectivity index (χ1n) is 11.7. The normalized spacial score (nSPS) is 11.8. The van der Waals surface area contributed by atoms with Gasteiger partial charge < -0.3 is 5.32 Å². The number of aryl methyl sites for hydroxylation is 1. The number of benzene rings is 3. The van der Waals surface area contributed by atoms with Gasteiger partial charge in [-0.25, -0.2) is 9.82 Å². The minimum atomic E-state index is -3.85. The Bertz CT molecular complexity index is 1700. The van der Waals surface area contributed by atoms with Crippen LogP contribution in [-0.2, 0) is 21.4 Å². The van der Waals surface area contributed by atoms with E-state index in [0.717, 1.165) is 5.56 Å². The molecular weight excluding hydrogens is 526 g/mol. The number of nitrogens with zero attached hydrogens (tertiary/aromatic N) is 3. The smallest absolute Gasteiger partial charge is 0.276 e. The topological polar surface area (TPSA) is 123 Å². The highest BCUT2D eigenvalue weighted by Crippen LogP contribution is 2.22. The molecule has 1 aromatic heterocycles. The van der Waals surface area contributed by atoms with Gasteiger partial charge in [0, 0.05) is 16.6 Å². The Labute approximate surface area is 225 Å². The summed E-state index contributed by atoms with van der Waals surface area (Å²) in [6.07, 6.45) is 1.30. The zero-order valence-electron chi connectivity index (χ0n) is 21.0. The van der Waals surface area contributed by atoms with E-state index in [1.807, 2.05) is 20.8 Å². The van der Waals surface area contributed by atoms with E-state index in [4.69, 9.17) is 11.6 Å². The summed E-state index contributed by atoms with van der Waals surface area (Å²) in [5.74, 6) is -0.0362. The van der Waals surface area contributed by atoms with Gasteiger partial charge in [0.1, 0.15) is 12.4 Å². The molecule has 11 heteroatoms. The zero-order chi connectivity index (χ0) is 27.4. The van der Waals surface area contributed by atoms with Crippen molar-refractivity contribution in [2.24, 2.45) is 5.10 Å². The minimum Gasteiger partial charge on any atom is -0.352 e. The third kappa shape index (κ3) is 6.27. The summed E-state index contributed by atoms with van der Waals surface area (Å²) in [6.45, 7) is 5.28. The molecule has 0 bridgehead atoms. The van der Waals surface area contributed by atoms with Crippen LogP contribution >= 0.6 is 11.6 Å². The molecule has 0 spiro atoms. The van der Waals surface area contributed by atoms with Gasteiger partial charge in [0.05, 0.1) is 22.0 Å². The fourth-order valence-electron chi connectivity index (χ4n) is 3.77. The van der Waals surface area contributed by atoms with Crippen LogP contribution in [0.5, 0.6) is 0 Å². The molecule has 3 aromatic carbocycles. The van der Waals surface area contributed by atoms with Gasteiger partial charge >= 0.3 is 0 Å². The number of nitrogens with one attached hydrogen (secondary N) is 2. The molecule has 4 aromatic rings. The predicted molar refractivity (Wildman–Crippen MR) is 149 cm³/mol. The van der Waals surface area contributed by atoms with Crippen LogP contribution in [0.15, 0.2) is 81.5 Å². The van der Waals surface area contributed by atoms with Crippen LogP contribution in [0.4, 0.5) is 0 Å². The van der Waals surface area contributed by atoms with Crippen molar-refractivity contribution in [1.29, 1.82) is 0 Å². The maximum Gasteiger partial charge on any atom is 0.276 e. The van der Waals surface area contributed by atoms with Crippen LogP contribution in [0.25, 0.3) is 22.3 Å². The fourth-order valence-corrected chi connectivity index (χ4v) is 4.75. The first-order valence-corrected chi connectivity index (χ1v) is 13.6. The third-order valence-electron chi connectivity index (χ3n) is 5.53. The average molecular weight is 552 g/mol. The summed E-state index contributed by atoms with van der Waals surface area (Å²) >= 11 is 6.17. The number of hydrazone groups is 1. The van der Waals surface area contributed by atoms with E-state index in [1.54, 1.807) is 54.6 Å². The number of sulfonamides is 1. The summed E-state index contributed by atoms with van der Waals surface area (Å²) < 4.78 is 26.3. The van der Waals surface area contributed by atoms with E-state index in [9.17, 15) is 18.0 Å². The lowest BCUT2D eigenvalue weighted by molar-refractivity contribution is -0.122. The highest BCUT2D eigenvalue weighted by atomic mass is 35.5. The summed E-state index contributed by atoms with van der Waals surface area (Å²) in [5, 5.41) is 7.36. The fraction of sp³-hybridized carbons (Fsp3) is 0.185. The molecule has 0 aliphatic heterocycles. The van der Waals surface area contributed by atoms with Crippen LogP contribution in [0.1, 0.15) is 25.0 Å². The average Bonchev–Trinajstić information content (AvgIpc) is 2.85. The van der Waals surface area contributed by atoms with Gasteiger partial charge in [0.15, 0.2) is 0 Å². The van der Waals surface area contributed by atoms with Crippen LogP contribution in [0.2, 0.25) is 5.02 Å². The van der Waals surface area contributed by atoms with E-state index in [0.29, 0.717) is 27.5 Å². The highest BCUT2D eigenvalue weighted by Gasteiger charge is 2.17. The van der Waals surface area contributed by atoms with Crippen molar-refractivity contribution in [1.82, 2.24) is 19.7 Å². The van der Waals surface area contributed by atoms with E-state index < -0.39 is 15.6 Å². The summed E-state index contributed by atoms with van der Waals surface area (Å²) in [7, 11) is -3.85. The first-order chi connectivity index (χ1) is 18.0. The Hall–Kier alpha value is -4.02. The Kier molecular flexibility index (Phi) is 7.94. The summed E-state index contributed by atoms with van der Waals surface area (Å²) in [6, 6.07) is 18.0. The Morgan fingerprint density at radius 2 is 1.84 bits per heavy atom. The van der Waals surface area contributed by atoms with Crippen molar-refractivity contribution in [2.75, 3.05) is 0 Å². The molecule has 0 fully saturated rings. The van der Waals surface area contributed by atoms with E-state index in [1.165, 1.54) is 22.9 Å². The van der Waals surface area contributed by atoms with Crippen LogP contribution < -0.4 is 15.7 Å². The molecule has 38 heavy (non-hydrogen) atoms. The van der Waals surface area contributed by atoms with Gasteiger partial charge in [-0.05, 0) is 62.7 Å². The monoisotopic (exact) mass is 551 g/mol. The lowest BCUT2D eigenvalue weighted by atomic mass is 10.1. The molecule has 0 atom stereocenters. The maximum atomic E-state index is 13.6. The van der Waals surface area contributed by atoms with Crippen molar-refractivity contribution in [2.45, 2.75) is 38.3 Å². The predicted octanol–water partition coefficient (Wildman–Crippen LogP) is 3.86. The van der Waals surface area contributed by atoms with E-state index in [2.05, 4.69) is 20.2 Å². The molecule has 0 aliphatic carbocycles. The largest absolute Gasteiger partial charge is 0.352 e. The second kappa shape index (κ2) is 11.2. The summed E-state index contributed by atoms with van der Waals surface area (Å²) in [5.41, 5.74) is 1.96. The number of halogens is 1. The lowest BCUT2D eigenvalue weighted by Gasteiger charge is -2.15. The second-order valence-corrected chi connectivity index (χ2v) is 11.1. The number of carbonyl (C=O) groups is 1. The van der Waals surface area contributed by atoms with Crippen LogP contribution in [0.3, 0.4) is 0 Å². The molecule has 1 heterocycles. The van der Waals surface area contributed by atoms with Crippen LogP contribution in [-0.4, -0.2) is 36.1 Å². The van der Waals surface area contributed by atoms with Crippen molar-refractivity contribution in [3.8, 4) is 11.4 Å². The molecule has 0 saturated heterocycles. The van der Waals surface area contributed by atoms with Gasteiger partial charge in [0.2, 0.25) is 5.91 Å². The molecule has 4 rings (SSSR count). The van der Waals surface area contributed by atoms with Crippen molar-refractivity contribution >= 4 is 44.6 Å². The molecule has 0 saturated carbocycles. The number of carbonyl (C=O) groups excluding carboxylic acids is 1. The molecule has 2 N–H and O–H groups in total. The Morgan fingerprint density at radius 3 is 2.53 bits per heavy atom. The number of fused-ring (bicyclic) bond motifs is 1. The third-order valence-corrected chi connectivity index (χ3v) is 7.00. The number of rotatable bonds is 8. The van der Waals surface area contributed by atoms with Crippen molar-refractivity contribution in [3.05, 3.63) is 93.2 Å². The number of aromatic nitrogens is 2. The number of amides is 1. The molecular formula is C27H26ClN5O4S. The van der Waals surface area contributed by atoms with Crippen molar-refractivity contribution < 1.29 is 13.2 Å². The minimum absolute atomic E-state index is 0.0825. The van der Waals surface area contributed by atoms with E-state index >= 15 is 0 Å². The van der Waals surface area contributed by atoms with E-state index in [-0.39, 0.29) is 28.8 Å². The number of hydrogen-bond acceptors (Lipinski definition) is 6. The van der Waals surface area contributed by atoms with Crippen molar-refractivity contribution in [3.63, 3.8) is 0 Å². The molecule has 0 radical (unpaired) electrons. The Morgan fingerprint density at radius 1 is 1.11 bits per heavy atom. The molecule has 0 unspecified atom stereocenters. The van der Waals surface area contributed by atoms with Gasteiger partial charge in [-0.15, -0.1) is 0 Å². The first kappa shape index (κ1) is 27.0. The summed E-state index contributed by atoms with van der Waals surface area (Å²) in [4.78, 5) is 33.1. The van der Waals surface area contributed by atoms with Gasteiger partial charge in [-0.1, -0.05) is 47.5 Å². The lowest BCUT2D eigenvalue weighted by Crippen LogP contribution is -2.37. The Balaban J connectivity index is 1.71. The van der Waals surface area contributed by atoms with Gasteiger partial charge in [-0.2, -0.15) is 13.5 Å². The highest BCUT2D eigenvalue weighted by molar-refractivity contribution is 7.89. The number of hydrogen-bond donors (Lipinski definition) is 2. The quantitative estimate of drug-likeness (QED) is 0.254. The maximum absolute atomic E-state index is 13.6. The molecule has 9 nitrogen and oxygen atoms in total. The molecule has 0 aliphatic rings. The van der Waals surface area contributed by atoms with Crippen LogP contribution in [0, 0.1) is 6.92 Å².